The molecule has 0 saturated carbocycles. The summed E-state index contributed by atoms with van der Waals surface area (Å²) in [6.45, 7) is 14.1. The third kappa shape index (κ3) is 30.5. The van der Waals surface area contributed by atoms with E-state index in [0.29, 0.717) is 6.61 Å². The Kier molecular flexibility index (Phi) is 45.1. The van der Waals surface area contributed by atoms with Crippen molar-refractivity contribution >= 4 is 93.4 Å². The topological polar surface area (TPSA) is 292 Å². The first-order valence-electron chi connectivity index (χ1n) is 22.8. The monoisotopic (exact) mass is 1250 g/mol. The summed E-state index contributed by atoms with van der Waals surface area (Å²) in [5.41, 5.74) is 1.81. The molecular formula is C55H68N8O9P2Rh2+2. The molecule has 0 heterocycles. The molecule has 6 rings (SSSR count). The van der Waals surface area contributed by atoms with Gasteiger partial charge >= 0.3 is 39.0 Å². The predicted octanol–water partition coefficient (Wildman–Crippen LogP) is 9.92. The molecule has 0 aliphatic rings. The van der Waals surface area contributed by atoms with Gasteiger partial charge in [-0.05, 0) is 135 Å². The minimum Gasteiger partial charge on any atom is -0.792 e. The smallest absolute Gasteiger partial charge is 0.792 e. The summed E-state index contributed by atoms with van der Waals surface area (Å²) in [4.78, 5) is 0. The molecule has 0 aromatic heterocycles. The molecule has 0 saturated heterocycles. The van der Waals surface area contributed by atoms with E-state index in [1.807, 2.05) is 6.92 Å². The van der Waals surface area contributed by atoms with E-state index < -0.39 is 15.8 Å². The standard InChI is InChI=1S/2C18H15P.4C4H8N2O2.C3H8O.2Rh/c2*1-4-10-16(11-5-1)19(17-12-6-2-7-13-17)18-14-8-3-9-15-18;4*1-3(5-7)4(2)6-8;1-2-3-4;;/h2*1-15H;4*7-8H,1-2H3;4H,2-3H2,1H3;;/q;;;;;;;2*+2/p-2/b;;4*5-3+,6-4+;;;. The number of oxime groups is 4. The Balaban J connectivity index is -0.000000869. The molecule has 0 fully saturated rings. The quantitative estimate of drug-likeness (QED) is 0.0271. The van der Waals surface area contributed by atoms with Gasteiger partial charge < -0.3 is 67.4 Å². The fourth-order valence-corrected chi connectivity index (χ4v) is 10.3. The van der Waals surface area contributed by atoms with E-state index in [9.17, 15) is 20.8 Å². The molecule has 17 nitrogen and oxygen atoms in total. The van der Waals surface area contributed by atoms with Crippen molar-refractivity contribution in [2.24, 2.45) is 41.2 Å². The molecule has 21 heteroatoms. The van der Waals surface area contributed by atoms with E-state index in [1.54, 1.807) is 0 Å². The minimum absolute atomic E-state index is 0. The Hall–Kier alpha value is -6.85. The third-order valence-corrected chi connectivity index (χ3v) is 15.3. The zero-order valence-electron chi connectivity index (χ0n) is 43.8. The van der Waals surface area contributed by atoms with Crippen molar-refractivity contribution in [1.29, 1.82) is 0 Å². The van der Waals surface area contributed by atoms with E-state index >= 15 is 0 Å². The van der Waals surface area contributed by atoms with Gasteiger partial charge in [0.25, 0.3) is 0 Å². The van der Waals surface area contributed by atoms with Crippen LogP contribution in [0.3, 0.4) is 0 Å². The van der Waals surface area contributed by atoms with Gasteiger partial charge in [-0.15, -0.1) is 0 Å². The molecule has 76 heavy (non-hydrogen) atoms. The zero-order valence-corrected chi connectivity index (χ0v) is 49.1. The minimum atomic E-state index is -0.877. The Bertz CT molecular complexity index is 2160. The summed E-state index contributed by atoms with van der Waals surface area (Å²) in [6, 6.07) is 65.0. The predicted molar refractivity (Wildman–Crippen MR) is 316 cm³/mol. The van der Waals surface area contributed by atoms with Crippen LogP contribution in [0.5, 0.6) is 0 Å². The van der Waals surface area contributed by atoms with Crippen molar-refractivity contribution in [2.45, 2.75) is 68.7 Å². The summed E-state index contributed by atoms with van der Waals surface area (Å²) < 4.78 is 0. The van der Waals surface area contributed by atoms with Crippen molar-refractivity contribution < 1.29 is 64.9 Å². The molecule has 0 unspecified atom stereocenters. The first kappa shape index (κ1) is 73.4. The van der Waals surface area contributed by atoms with Gasteiger partial charge in [-0.2, -0.15) is 0 Å². The molecule has 6 aromatic carbocycles. The summed E-state index contributed by atoms with van der Waals surface area (Å²) in [5.74, 6) is 0. The fraction of sp³-hybridized carbons (Fsp3) is 0.200. The van der Waals surface area contributed by atoms with E-state index in [2.05, 4.69) is 223 Å². The first-order chi connectivity index (χ1) is 35.7. The van der Waals surface area contributed by atoms with Crippen molar-refractivity contribution in [1.82, 2.24) is 0 Å². The average Bonchev–Trinajstić information content (AvgIpc) is 3.48. The Morgan fingerprint density at radius 3 is 0.526 bits per heavy atom. The number of aliphatic hydroxyl groups is 1. The molecule has 0 atom stereocenters. The van der Waals surface area contributed by atoms with Gasteiger partial charge in [-0.25, -0.2) is 0 Å². The molecule has 0 aliphatic carbocycles. The van der Waals surface area contributed by atoms with Crippen LogP contribution in [0.2, 0.25) is 0 Å². The molecule has 0 spiro atoms. The second-order valence-electron chi connectivity index (χ2n) is 15.1. The number of hydrogen-bond donors (Lipinski definition) is 5. The van der Waals surface area contributed by atoms with Crippen LogP contribution in [0, 0.1) is 20.8 Å². The maximum atomic E-state index is 9.63. The molecule has 0 bridgehead atoms. The average molecular weight is 1250 g/mol. The SMILES string of the molecule is CC(=N\[O-])/C(C)=N/O.CC(=N\[O-])/C(C)=N/O.CC(=N\[O-])/C(C)=N/O.CC(=N\[O-])/C(C)=N/O.CCCO.[Rh+2].[Rh+2].c1ccc([PH+](c2ccccc2)c2ccccc2)cc1.c1ccc([PH+](c2ccccc2)c2ccccc2)cc1. The third-order valence-electron chi connectivity index (χ3n) is 9.84. The molecule has 0 aliphatic heterocycles. The van der Waals surface area contributed by atoms with Crippen molar-refractivity contribution in [2.75, 3.05) is 6.61 Å². The van der Waals surface area contributed by atoms with Gasteiger partial charge in [0.15, 0.2) is 0 Å². The summed E-state index contributed by atoms with van der Waals surface area (Å²) in [5, 5.41) is 108. The largest absolute Gasteiger partial charge is 2.00 e. The number of hydrogen-bond acceptors (Lipinski definition) is 17. The molecule has 2 radical (unpaired) electrons. The normalized spacial score (nSPS) is 11.7. The van der Waals surface area contributed by atoms with Crippen molar-refractivity contribution in [3.63, 3.8) is 0 Å². The van der Waals surface area contributed by atoms with Gasteiger partial charge in [0.05, 0.1) is 61.5 Å². The van der Waals surface area contributed by atoms with Crippen LogP contribution in [0.1, 0.15) is 68.7 Å². The van der Waals surface area contributed by atoms with Gasteiger partial charge in [0, 0.05) is 6.61 Å². The van der Waals surface area contributed by atoms with Crippen LogP contribution in [0.4, 0.5) is 0 Å². The summed E-state index contributed by atoms with van der Waals surface area (Å²) in [6.07, 6.45) is 0.875. The van der Waals surface area contributed by atoms with Crippen LogP contribution < -0.4 is 31.8 Å². The Labute approximate surface area is 474 Å². The van der Waals surface area contributed by atoms with Crippen LogP contribution in [0.15, 0.2) is 223 Å². The number of rotatable bonds is 11. The van der Waals surface area contributed by atoms with Crippen LogP contribution >= 0.6 is 15.8 Å². The van der Waals surface area contributed by atoms with Crippen LogP contribution in [-0.4, -0.2) is 78.2 Å². The van der Waals surface area contributed by atoms with Gasteiger partial charge in [-0.3, -0.25) is 0 Å². The Morgan fingerprint density at radius 2 is 0.447 bits per heavy atom. The van der Waals surface area contributed by atoms with Gasteiger partial charge in [0.2, 0.25) is 0 Å². The number of aliphatic hydroxyl groups excluding tert-OH is 1. The maximum Gasteiger partial charge on any atom is 2.00 e. The van der Waals surface area contributed by atoms with E-state index in [-0.39, 0.29) is 84.6 Å². The van der Waals surface area contributed by atoms with E-state index in [1.165, 1.54) is 87.2 Å². The van der Waals surface area contributed by atoms with Crippen molar-refractivity contribution in [3.8, 4) is 0 Å². The summed E-state index contributed by atoms with van der Waals surface area (Å²) in [7, 11) is -1.75. The number of benzene rings is 6. The van der Waals surface area contributed by atoms with E-state index in [0.717, 1.165) is 6.42 Å². The fourth-order valence-electron chi connectivity index (χ4n) is 5.18. The van der Waals surface area contributed by atoms with Gasteiger partial charge in [-0.1, -0.05) is 137 Å². The number of nitrogens with zero attached hydrogens (tertiary/aromatic N) is 8. The maximum absolute atomic E-state index is 9.63. The molecule has 5 N–H and O–H groups in total. The molecular weight excluding hydrogens is 1180 g/mol. The second kappa shape index (κ2) is 46.7. The molecule has 6 aromatic rings. The second-order valence-corrected chi connectivity index (χ2v) is 20.1. The van der Waals surface area contributed by atoms with Crippen LogP contribution in [-0.2, 0) is 39.0 Å². The molecule has 0 amide bonds. The summed E-state index contributed by atoms with van der Waals surface area (Å²) >= 11 is 0. The van der Waals surface area contributed by atoms with Crippen LogP contribution in [0.25, 0.3) is 0 Å². The first-order valence-corrected chi connectivity index (χ1v) is 25.8. The molecule has 408 valence electrons. The Morgan fingerprint density at radius 1 is 0.316 bits per heavy atom. The van der Waals surface area contributed by atoms with Crippen molar-refractivity contribution in [3.05, 3.63) is 203 Å². The van der Waals surface area contributed by atoms with Gasteiger partial charge in [0.1, 0.15) is 31.8 Å². The van der Waals surface area contributed by atoms with E-state index in [4.69, 9.17) is 25.9 Å². The zero-order chi connectivity index (χ0) is 55.5.